The van der Waals surface area contributed by atoms with Gasteiger partial charge in [0.25, 0.3) is 7.82 Å². The largest absolute Gasteiger partial charge is 0.756 e. The average molecular weight is 664 g/mol. The van der Waals surface area contributed by atoms with Crippen LogP contribution in [0.2, 0.25) is 0 Å². The Balaban J connectivity index is 4.43. The lowest BCUT2D eigenvalue weighted by molar-refractivity contribution is -0.870. The smallest absolute Gasteiger partial charge is 0.308 e. The van der Waals surface area contributed by atoms with Gasteiger partial charge in [0.15, 0.2) is 6.61 Å². The Morgan fingerprint density at radius 1 is 0.622 bits per heavy atom. The van der Waals surface area contributed by atoms with Crippen LogP contribution < -0.4 is 4.89 Å². The molecule has 0 aliphatic heterocycles. The molecule has 0 fully saturated rings. The van der Waals surface area contributed by atoms with Crippen LogP contribution in [0.15, 0.2) is 0 Å². The van der Waals surface area contributed by atoms with Crippen molar-refractivity contribution < 1.29 is 42.1 Å². The van der Waals surface area contributed by atoms with E-state index in [0.717, 1.165) is 32.1 Å². The van der Waals surface area contributed by atoms with E-state index in [0.29, 0.717) is 23.9 Å². The van der Waals surface area contributed by atoms with E-state index >= 15 is 0 Å². The van der Waals surface area contributed by atoms with Crippen molar-refractivity contribution in [3.8, 4) is 0 Å². The molecule has 10 heteroatoms. The molecule has 1 unspecified atom stereocenters. The van der Waals surface area contributed by atoms with Gasteiger partial charge in [-0.25, -0.2) is 0 Å². The normalized spacial score (nSPS) is 13.8. The molecule has 9 nitrogen and oxygen atoms in total. The summed E-state index contributed by atoms with van der Waals surface area (Å²) in [7, 11) is 0.949. The molecule has 268 valence electrons. The van der Waals surface area contributed by atoms with Crippen LogP contribution in [0.5, 0.6) is 0 Å². The fraction of sp³-hybridized carbons (Fsp3) is 0.943. The summed E-state index contributed by atoms with van der Waals surface area (Å²) >= 11 is 0. The highest BCUT2D eigenvalue weighted by atomic mass is 31.2. The Morgan fingerprint density at radius 2 is 1.00 bits per heavy atom. The van der Waals surface area contributed by atoms with Crippen LogP contribution in [0, 0.1) is 0 Å². The molecular weight excluding hydrogens is 593 g/mol. The second-order valence-corrected chi connectivity index (χ2v) is 14.9. The standard InChI is InChI=1S/C35H70NO8P/c1-6-8-10-12-14-16-18-20-22-24-26-28-33(37)41-32-35(44-45(39,40)42-31-30-36(3,4)5)43-34(38)29-27-25-23-21-19-17-15-13-11-9-7-2/h35H,6-32H2,1-5H3/t35-/m0/s1. The number of carbonyl (C=O) groups is 2. The van der Waals surface area contributed by atoms with Crippen molar-refractivity contribution in [1.29, 1.82) is 0 Å². The lowest BCUT2D eigenvalue weighted by atomic mass is 10.1. The van der Waals surface area contributed by atoms with Gasteiger partial charge in [-0.3, -0.25) is 18.7 Å². The minimum atomic E-state index is -4.78. The lowest BCUT2D eigenvalue weighted by Crippen LogP contribution is -2.38. The molecule has 0 spiro atoms. The minimum absolute atomic E-state index is 0.0810. The molecule has 0 saturated carbocycles. The van der Waals surface area contributed by atoms with Crippen LogP contribution in [0.25, 0.3) is 0 Å². The van der Waals surface area contributed by atoms with E-state index in [1.54, 1.807) is 0 Å². The monoisotopic (exact) mass is 663 g/mol. The number of likely N-dealkylation sites (N-methyl/N-ethyl adjacent to an activating group) is 1. The number of hydrogen-bond acceptors (Lipinski definition) is 8. The molecule has 0 aromatic heterocycles. The van der Waals surface area contributed by atoms with Gasteiger partial charge in [-0.05, 0) is 12.8 Å². The number of quaternary nitrogens is 1. The number of phosphoric acid groups is 1. The summed E-state index contributed by atoms with van der Waals surface area (Å²) in [4.78, 5) is 37.3. The average Bonchev–Trinajstić information content (AvgIpc) is 2.96. The number of ether oxygens (including phenoxy) is 2. The predicted molar refractivity (Wildman–Crippen MR) is 181 cm³/mol. The highest BCUT2D eigenvalue weighted by Crippen LogP contribution is 2.40. The maximum atomic E-state index is 12.5. The zero-order chi connectivity index (χ0) is 33.7. The first kappa shape index (κ1) is 44.0. The van der Waals surface area contributed by atoms with Gasteiger partial charge in [0.1, 0.15) is 13.2 Å². The molecular formula is C35H70NO8P. The summed E-state index contributed by atoms with van der Waals surface area (Å²) in [5.41, 5.74) is 0. The van der Waals surface area contributed by atoms with Gasteiger partial charge in [-0.15, -0.1) is 0 Å². The molecule has 0 amide bonds. The highest BCUT2D eigenvalue weighted by Gasteiger charge is 2.24. The first-order chi connectivity index (χ1) is 21.5. The molecule has 2 atom stereocenters. The van der Waals surface area contributed by atoms with E-state index in [2.05, 4.69) is 13.8 Å². The summed E-state index contributed by atoms with van der Waals surface area (Å²) in [5.74, 6) is -1.05. The fourth-order valence-corrected chi connectivity index (χ4v) is 5.75. The second-order valence-electron chi connectivity index (χ2n) is 13.6. The lowest BCUT2D eigenvalue weighted by Gasteiger charge is -2.29. The van der Waals surface area contributed by atoms with Gasteiger partial charge in [-0.2, -0.15) is 0 Å². The van der Waals surface area contributed by atoms with Gasteiger partial charge < -0.3 is 23.4 Å². The summed E-state index contributed by atoms with van der Waals surface area (Å²) in [6.07, 6.45) is 24.5. The summed E-state index contributed by atoms with van der Waals surface area (Å²) in [6.45, 7) is 4.32. The SMILES string of the molecule is CCCCCCCCCCCCCC(=O)OC[C@@H](OC(=O)CCCCCCCCCCCCC)OP(=O)([O-])OCC[N+](C)(C)C. The molecule has 0 saturated heterocycles. The Hall–Kier alpha value is -0.990. The van der Waals surface area contributed by atoms with Crippen LogP contribution >= 0.6 is 7.82 Å². The zero-order valence-electron chi connectivity index (χ0n) is 29.8. The number of phosphoric ester groups is 1. The Labute approximate surface area is 276 Å². The third-order valence-corrected chi connectivity index (χ3v) is 8.86. The van der Waals surface area contributed by atoms with Gasteiger partial charge in [0.05, 0.1) is 21.1 Å². The molecule has 0 aliphatic rings. The maximum Gasteiger partial charge on any atom is 0.308 e. The number of hydrogen-bond donors (Lipinski definition) is 0. The van der Waals surface area contributed by atoms with Crippen molar-refractivity contribution in [2.24, 2.45) is 0 Å². The topological polar surface area (TPSA) is 111 Å². The molecule has 0 aliphatic carbocycles. The van der Waals surface area contributed by atoms with E-state index in [-0.39, 0.29) is 19.4 Å². The molecule has 0 heterocycles. The van der Waals surface area contributed by atoms with Gasteiger partial charge in [-0.1, -0.05) is 142 Å². The quantitative estimate of drug-likeness (QED) is 0.0225. The van der Waals surface area contributed by atoms with E-state index in [9.17, 15) is 19.0 Å². The van der Waals surface area contributed by atoms with E-state index < -0.39 is 32.7 Å². The Kier molecular flexibility index (Phi) is 28.5. The van der Waals surface area contributed by atoms with Crippen molar-refractivity contribution in [1.82, 2.24) is 0 Å². The molecule has 0 N–H and O–H groups in total. The predicted octanol–water partition coefficient (Wildman–Crippen LogP) is 9.01. The van der Waals surface area contributed by atoms with Crippen molar-refractivity contribution >= 4 is 19.8 Å². The van der Waals surface area contributed by atoms with Gasteiger partial charge >= 0.3 is 11.9 Å². The van der Waals surface area contributed by atoms with Crippen LogP contribution in [-0.2, 0) is 32.7 Å². The van der Waals surface area contributed by atoms with E-state index in [1.807, 2.05) is 21.1 Å². The summed E-state index contributed by atoms with van der Waals surface area (Å²) < 4.78 is 33.5. The number of unbranched alkanes of at least 4 members (excludes halogenated alkanes) is 20. The molecule has 0 rings (SSSR count). The third kappa shape index (κ3) is 32.7. The summed E-state index contributed by atoms with van der Waals surface area (Å²) in [6, 6.07) is 0. The Morgan fingerprint density at radius 3 is 1.40 bits per heavy atom. The van der Waals surface area contributed by atoms with Gasteiger partial charge in [0.2, 0.25) is 6.29 Å². The number of carbonyl (C=O) groups excluding carboxylic acids is 2. The fourth-order valence-electron chi connectivity index (χ4n) is 4.99. The molecule has 45 heavy (non-hydrogen) atoms. The first-order valence-electron chi connectivity index (χ1n) is 18.3. The maximum absolute atomic E-state index is 12.5. The highest BCUT2D eigenvalue weighted by molar-refractivity contribution is 7.45. The first-order valence-corrected chi connectivity index (χ1v) is 19.7. The van der Waals surface area contributed by atoms with Crippen molar-refractivity contribution in [2.45, 2.75) is 174 Å². The molecule has 0 aromatic carbocycles. The second kappa shape index (κ2) is 29.2. The number of nitrogens with zero attached hydrogens (tertiary/aromatic N) is 1. The van der Waals surface area contributed by atoms with E-state index in [4.69, 9.17) is 18.5 Å². The van der Waals surface area contributed by atoms with Crippen LogP contribution in [0.3, 0.4) is 0 Å². The van der Waals surface area contributed by atoms with Crippen LogP contribution in [-0.4, -0.2) is 63.6 Å². The van der Waals surface area contributed by atoms with E-state index in [1.165, 1.54) is 96.3 Å². The number of rotatable bonds is 33. The van der Waals surface area contributed by atoms with Crippen molar-refractivity contribution in [3.05, 3.63) is 0 Å². The molecule has 0 aromatic rings. The summed E-state index contributed by atoms with van der Waals surface area (Å²) in [5, 5.41) is 0. The number of esters is 2. The minimum Gasteiger partial charge on any atom is -0.756 e. The molecule has 0 radical (unpaired) electrons. The zero-order valence-corrected chi connectivity index (χ0v) is 30.7. The van der Waals surface area contributed by atoms with Gasteiger partial charge in [0, 0.05) is 12.8 Å². The molecule has 0 bridgehead atoms. The van der Waals surface area contributed by atoms with Crippen molar-refractivity contribution in [3.63, 3.8) is 0 Å². The van der Waals surface area contributed by atoms with Crippen molar-refractivity contribution in [2.75, 3.05) is 40.9 Å². The third-order valence-electron chi connectivity index (χ3n) is 7.87. The van der Waals surface area contributed by atoms with Crippen LogP contribution in [0.4, 0.5) is 0 Å². The van der Waals surface area contributed by atoms with Crippen LogP contribution in [0.1, 0.15) is 168 Å². The Bertz CT molecular complexity index is 758.